The van der Waals surface area contributed by atoms with Crippen LogP contribution in [0.2, 0.25) is 0 Å². The maximum absolute atomic E-state index is 5.65. The molecule has 2 rings (SSSR count). The van der Waals surface area contributed by atoms with Crippen molar-refractivity contribution < 1.29 is 9.47 Å². The van der Waals surface area contributed by atoms with Crippen molar-refractivity contribution in [2.45, 2.75) is 6.10 Å². The van der Waals surface area contributed by atoms with Gasteiger partial charge in [0.25, 0.3) is 0 Å². The van der Waals surface area contributed by atoms with Crippen molar-refractivity contribution in [3.05, 3.63) is 24.3 Å². The van der Waals surface area contributed by atoms with Crippen LogP contribution >= 0.6 is 0 Å². The Morgan fingerprint density at radius 3 is 2.46 bits per heavy atom. The Labute approximate surface area is 77.7 Å². The topological polar surface area (TPSA) is 32.6 Å². The summed E-state index contributed by atoms with van der Waals surface area (Å²) in [5.41, 5.74) is 0. The number of hydrogen-bond donors (Lipinski definition) is 0. The highest BCUT2D eigenvalue weighted by Gasteiger charge is 2.20. The molecule has 13 heavy (non-hydrogen) atoms. The Morgan fingerprint density at radius 1 is 1.23 bits per heavy atom. The van der Waals surface area contributed by atoms with Gasteiger partial charge in [0.2, 0.25) is 0 Å². The molecule has 0 spiro atoms. The second kappa shape index (κ2) is 3.66. The molecule has 0 unspecified atom stereocenters. The Morgan fingerprint density at radius 2 is 1.92 bits per heavy atom. The van der Waals surface area contributed by atoms with Crippen molar-refractivity contribution in [2.75, 3.05) is 20.2 Å². The maximum atomic E-state index is 5.65. The third-order valence-corrected chi connectivity index (χ3v) is 2.03. The van der Waals surface area contributed by atoms with Crippen LogP contribution in [-0.4, -0.2) is 26.3 Å². The maximum Gasteiger partial charge on any atom is 0.161 e. The van der Waals surface area contributed by atoms with E-state index in [1.165, 1.54) is 0 Å². The minimum Gasteiger partial charge on any atom is -0.493 e. The zero-order valence-corrected chi connectivity index (χ0v) is 7.56. The average Bonchev–Trinajstić information content (AvgIpc) is 2.12. The van der Waals surface area contributed by atoms with Gasteiger partial charge in [-0.15, -0.1) is 0 Å². The van der Waals surface area contributed by atoms with Crippen LogP contribution in [0.3, 0.4) is 0 Å². The summed E-state index contributed by atoms with van der Waals surface area (Å²) >= 11 is 0. The third kappa shape index (κ3) is 1.75. The first-order valence-electron chi connectivity index (χ1n) is 4.33. The summed E-state index contributed by atoms with van der Waals surface area (Å²) in [7, 11) is 1.65. The van der Waals surface area contributed by atoms with Crippen LogP contribution in [0.5, 0.6) is 11.5 Å². The molecule has 1 aliphatic rings. The molecule has 1 aromatic carbocycles. The molecule has 3 heteroatoms. The van der Waals surface area contributed by atoms with Crippen LogP contribution in [0.4, 0.5) is 0 Å². The minimum absolute atomic E-state index is 0.247. The molecule has 0 amide bonds. The van der Waals surface area contributed by atoms with Crippen LogP contribution < -0.4 is 14.8 Å². The van der Waals surface area contributed by atoms with Gasteiger partial charge in [-0.05, 0) is 12.1 Å². The summed E-state index contributed by atoms with van der Waals surface area (Å²) in [5, 5.41) is 4.08. The Kier molecular flexibility index (Phi) is 2.36. The lowest BCUT2D eigenvalue weighted by Gasteiger charge is -2.26. The molecule has 0 aromatic heterocycles. The molecule has 0 bridgehead atoms. The van der Waals surface area contributed by atoms with Crippen molar-refractivity contribution in [3.63, 3.8) is 0 Å². The van der Waals surface area contributed by atoms with E-state index >= 15 is 0 Å². The zero-order chi connectivity index (χ0) is 9.10. The van der Waals surface area contributed by atoms with Gasteiger partial charge in [0, 0.05) is 0 Å². The van der Waals surface area contributed by atoms with Crippen LogP contribution in [-0.2, 0) is 0 Å². The number of methoxy groups -OCH3 is 1. The Balaban J connectivity index is 2.08. The van der Waals surface area contributed by atoms with Gasteiger partial charge in [-0.25, -0.2) is 5.32 Å². The van der Waals surface area contributed by atoms with Gasteiger partial charge in [-0.3, -0.25) is 0 Å². The van der Waals surface area contributed by atoms with E-state index in [2.05, 4.69) is 5.32 Å². The SMILES string of the molecule is COc1ccccc1OC1C[N]C1. The summed E-state index contributed by atoms with van der Waals surface area (Å²) in [5.74, 6) is 1.60. The minimum atomic E-state index is 0.247. The van der Waals surface area contributed by atoms with E-state index in [1.807, 2.05) is 24.3 Å². The van der Waals surface area contributed by atoms with E-state index < -0.39 is 0 Å². The molecular formula is C10H12NO2. The fraction of sp³-hybridized carbons (Fsp3) is 0.400. The highest BCUT2D eigenvalue weighted by Crippen LogP contribution is 2.27. The molecule has 3 nitrogen and oxygen atoms in total. The van der Waals surface area contributed by atoms with Gasteiger partial charge < -0.3 is 9.47 Å². The summed E-state index contributed by atoms with van der Waals surface area (Å²) in [6.07, 6.45) is 0.247. The molecule has 1 aromatic rings. The van der Waals surface area contributed by atoms with Gasteiger partial charge in [0.15, 0.2) is 11.5 Å². The average molecular weight is 178 g/mol. The number of rotatable bonds is 3. The van der Waals surface area contributed by atoms with Gasteiger partial charge in [-0.2, -0.15) is 0 Å². The molecule has 1 heterocycles. The van der Waals surface area contributed by atoms with Crippen molar-refractivity contribution in [1.82, 2.24) is 5.32 Å². The molecule has 1 fully saturated rings. The van der Waals surface area contributed by atoms with E-state index in [0.717, 1.165) is 24.6 Å². The van der Waals surface area contributed by atoms with E-state index in [0.29, 0.717) is 0 Å². The number of nitrogens with zero attached hydrogens (tertiary/aromatic N) is 1. The summed E-state index contributed by atoms with van der Waals surface area (Å²) in [6.45, 7) is 1.61. The second-order valence-electron chi connectivity index (χ2n) is 2.98. The van der Waals surface area contributed by atoms with Crippen molar-refractivity contribution in [2.24, 2.45) is 0 Å². The third-order valence-electron chi connectivity index (χ3n) is 2.03. The molecule has 1 radical (unpaired) electrons. The molecule has 0 atom stereocenters. The first kappa shape index (κ1) is 8.38. The summed E-state index contributed by atoms with van der Waals surface area (Å²) < 4.78 is 10.8. The number of para-hydroxylation sites is 2. The predicted molar refractivity (Wildman–Crippen MR) is 49.3 cm³/mol. The van der Waals surface area contributed by atoms with Gasteiger partial charge in [-0.1, -0.05) is 12.1 Å². The monoisotopic (exact) mass is 178 g/mol. The molecule has 1 saturated heterocycles. The molecule has 1 aliphatic heterocycles. The zero-order valence-electron chi connectivity index (χ0n) is 7.56. The van der Waals surface area contributed by atoms with E-state index in [9.17, 15) is 0 Å². The highest BCUT2D eigenvalue weighted by molar-refractivity contribution is 5.39. The van der Waals surface area contributed by atoms with Crippen LogP contribution in [0, 0.1) is 0 Å². The van der Waals surface area contributed by atoms with Gasteiger partial charge in [0.1, 0.15) is 6.10 Å². The quantitative estimate of drug-likeness (QED) is 0.693. The lowest BCUT2D eigenvalue weighted by atomic mass is 10.2. The largest absolute Gasteiger partial charge is 0.493 e. The van der Waals surface area contributed by atoms with E-state index in [4.69, 9.17) is 9.47 Å². The summed E-state index contributed by atoms with van der Waals surface area (Å²) in [6, 6.07) is 7.67. The van der Waals surface area contributed by atoms with Gasteiger partial charge in [0.05, 0.1) is 20.2 Å². The lowest BCUT2D eigenvalue weighted by molar-refractivity contribution is 0.134. The molecule has 0 saturated carbocycles. The van der Waals surface area contributed by atoms with E-state index in [1.54, 1.807) is 7.11 Å². The fourth-order valence-electron chi connectivity index (χ4n) is 1.20. The normalized spacial score (nSPS) is 16.4. The second-order valence-corrected chi connectivity index (χ2v) is 2.98. The molecule has 0 aliphatic carbocycles. The smallest absolute Gasteiger partial charge is 0.161 e. The molecular weight excluding hydrogens is 166 g/mol. The van der Waals surface area contributed by atoms with Crippen molar-refractivity contribution in [3.8, 4) is 11.5 Å². The van der Waals surface area contributed by atoms with Crippen LogP contribution in [0.15, 0.2) is 24.3 Å². The molecule has 69 valence electrons. The summed E-state index contributed by atoms with van der Waals surface area (Å²) in [4.78, 5) is 0. The van der Waals surface area contributed by atoms with E-state index in [-0.39, 0.29) is 6.10 Å². The predicted octanol–water partition coefficient (Wildman–Crippen LogP) is 1.06. The van der Waals surface area contributed by atoms with Crippen molar-refractivity contribution >= 4 is 0 Å². The van der Waals surface area contributed by atoms with Gasteiger partial charge >= 0.3 is 0 Å². The number of benzene rings is 1. The Bertz CT molecular complexity index is 284. The Hall–Kier alpha value is -1.22. The molecule has 0 N–H and O–H groups in total. The first-order valence-corrected chi connectivity index (χ1v) is 4.33. The number of hydrogen-bond acceptors (Lipinski definition) is 2. The first-order chi connectivity index (χ1) is 6.40. The highest BCUT2D eigenvalue weighted by atomic mass is 16.5. The van der Waals surface area contributed by atoms with Crippen LogP contribution in [0.25, 0.3) is 0 Å². The van der Waals surface area contributed by atoms with Crippen LogP contribution in [0.1, 0.15) is 0 Å². The number of ether oxygens (including phenoxy) is 2. The standard InChI is InChI=1S/C10H12NO2/c1-12-9-4-2-3-5-10(9)13-8-6-11-7-8/h2-5,8H,6-7H2,1H3. The van der Waals surface area contributed by atoms with Crippen molar-refractivity contribution in [1.29, 1.82) is 0 Å². The fourth-order valence-corrected chi connectivity index (χ4v) is 1.20. The lowest BCUT2D eigenvalue weighted by Crippen LogP contribution is -2.45.